The highest BCUT2D eigenvalue weighted by Gasteiger charge is 2.29. The molecular weight excluding hydrogens is 320 g/mol. The first kappa shape index (κ1) is 17.3. The molecule has 0 amide bonds. The van der Waals surface area contributed by atoms with Crippen molar-refractivity contribution in [3.8, 4) is 0 Å². The normalized spacial score (nSPS) is 20.7. The van der Waals surface area contributed by atoms with E-state index in [4.69, 9.17) is 0 Å². The molecule has 0 saturated heterocycles. The zero-order chi connectivity index (χ0) is 17.9. The fourth-order valence-corrected chi connectivity index (χ4v) is 4.40. The highest BCUT2D eigenvalue weighted by Crippen LogP contribution is 2.28. The predicted octanol–water partition coefficient (Wildman–Crippen LogP) is 4.48. The van der Waals surface area contributed by atoms with Crippen molar-refractivity contribution in [3.05, 3.63) is 71.9 Å². The fraction of sp³-hybridized carbons (Fsp3) is 0.391. The lowest BCUT2D eigenvalue weighted by Gasteiger charge is -2.37. The lowest BCUT2D eigenvalue weighted by atomic mass is 9.90. The quantitative estimate of drug-likeness (QED) is 0.736. The van der Waals surface area contributed by atoms with Gasteiger partial charge in [-0.05, 0) is 30.0 Å². The summed E-state index contributed by atoms with van der Waals surface area (Å²) in [4.78, 5) is 2.49. The molecule has 1 heterocycles. The summed E-state index contributed by atoms with van der Waals surface area (Å²) in [6.45, 7) is 1.75. The van der Waals surface area contributed by atoms with E-state index in [1.165, 1.54) is 28.5 Å². The largest absolute Gasteiger partial charge is 0.391 e. The molecule has 0 radical (unpaired) electrons. The topological polar surface area (TPSA) is 28.4 Å². The van der Waals surface area contributed by atoms with Gasteiger partial charge in [-0.15, -0.1) is 0 Å². The van der Waals surface area contributed by atoms with Crippen LogP contribution in [0.5, 0.6) is 0 Å². The number of hydrogen-bond donors (Lipinski definition) is 1. The van der Waals surface area contributed by atoms with Gasteiger partial charge in [-0.1, -0.05) is 61.4 Å². The molecule has 1 aliphatic rings. The van der Waals surface area contributed by atoms with Crippen molar-refractivity contribution in [1.82, 2.24) is 9.47 Å². The maximum Gasteiger partial charge on any atom is 0.0695 e. The Morgan fingerprint density at radius 2 is 1.69 bits per heavy atom. The minimum atomic E-state index is -0.220. The van der Waals surface area contributed by atoms with E-state index in [2.05, 4.69) is 77.3 Å². The van der Waals surface area contributed by atoms with Gasteiger partial charge in [0.25, 0.3) is 0 Å². The average Bonchev–Trinajstić information content (AvgIpc) is 2.99. The van der Waals surface area contributed by atoms with Crippen LogP contribution in [0.15, 0.2) is 60.8 Å². The van der Waals surface area contributed by atoms with Crippen molar-refractivity contribution in [3.63, 3.8) is 0 Å². The molecule has 1 aromatic heterocycles. The van der Waals surface area contributed by atoms with Crippen LogP contribution in [0.2, 0.25) is 0 Å². The van der Waals surface area contributed by atoms with Gasteiger partial charge in [0.1, 0.15) is 0 Å². The van der Waals surface area contributed by atoms with Crippen LogP contribution >= 0.6 is 0 Å². The third-order valence-electron chi connectivity index (χ3n) is 5.74. The van der Waals surface area contributed by atoms with Crippen LogP contribution in [0, 0.1) is 0 Å². The molecular formula is C23H28N2O. The summed E-state index contributed by atoms with van der Waals surface area (Å²) in [5.41, 5.74) is 3.92. The first-order chi connectivity index (χ1) is 12.7. The Kier molecular flexibility index (Phi) is 5.09. The number of benzene rings is 2. The SMILES string of the molecule is Cn1cc(CN(Cc2ccccc2)C2CCCCC2O)c2ccccc21. The maximum absolute atomic E-state index is 10.7. The molecule has 3 aromatic rings. The third kappa shape index (κ3) is 3.55. The Labute approximate surface area is 155 Å². The van der Waals surface area contributed by atoms with Crippen molar-refractivity contribution in [2.45, 2.75) is 50.9 Å². The van der Waals surface area contributed by atoms with Crippen LogP contribution < -0.4 is 0 Å². The van der Waals surface area contributed by atoms with Crippen molar-refractivity contribution in [2.24, 2.45) is 7.05 Å². The summed E-state index contributed by atoms with van der Waals surface area (Å²) in [6.07, 6.45) is 6.39. The summed E-state index contributed by atoms with van der Waals surface area (Å²) in [5, 5.41) is 12.0. The second kappa shape index (κ2) is 7.65. The van der Waals surface area contributed by atoms with Gasteiger partial charge in [-0.2, -0.15) is 0 Å². The van der Waals surface area contributed by atoms with Gasteiger partial charge in [0.2, 0.25) is 0 Å². The van der Waals surface area contributed by atoms with Crippen molar-refractivity contribution >= 4 is 10.9 Å². The Morgan fingerprint density at radius 1 is 0.962 bits per heavy atom. The molecule has 0 bridgehead atoms. The van der Waals surface area contributed by atoms with E-state index in [1.54, 1.807) is 0 Å². The molecule has 3 nitrogen and oxygen atoms in total. The molecule has 3 heteroatoms. The van der Waals surface area contributed by atoms with Crippen LogP contribution in [0.3, 0.4) is 0 Å². The zero-order valence-electron chi connectivity index (χ0n) is 15.5. The number of aryl methyl sites for hydroxylation is 1. The second-order valence-corrected chi connectivity index (χ2v) is 7.59. The number of aliphatic hydroxyl groups is 1. The van der Waals surface area contributed by atoms with Crippen molar-refractivity contribution in [2.75, 3.05) is 0 Å². The van der Waals surface area contributed by atoms with E-state index in [-0.39, 0.29) is 12.1 Å². The number of para-hydroxylation sites is 1. The zero-order valence-corrected chi connectivity index (χ0v) is 15.5. The molecule has 1 N–H and O–H groups in total. The monoisotopic (exact) mass is 348 g/mol. The Balaban J connectivity index is 1.65. The van der Waals surface area contributed by atoms with Gasteiger partial charge in [0.05, 0.1) is 6.10 Å². The lowest BCUT2D eigenvalue weighted by molar-refractivity contribution is 0.0116. The number of nitrogens with zero attached hydrogens (tertiary/aromatic N) is 2. The Bertz CT molecular complexity index is 855. The smallest absolute Gasteiger partial charge is 0.0695 e. The van der Waals surface area contributed by atoms with Crippen LogP contribution in [-0.2, 0) is 20.1 Å². The Hall–Kier alpha value is -2.10. The van der Waals surface area contributed by atoms with Gasteiger partial charge in [-0.25, -0.2) is 0 Å². The third-order valence-corrected chi connectivity index (χ3v) is 5.74. The summed E-state index contributed by atoms with van der Waals surface area (Å²) >= 11 is 0. The van der Waals surface area contributed by atoms with Gasteiger partial charge < -0.3 is 9.67 Å². The number of aliphatic hydroxyl groups excluding tert-OH is 1. The van der Waals surface area contributed by atoms with E-state index in [1.807, 2.05) is 0 Å². The van der Waals surface area contributed by atoms with Gasteiger partial charge in [-0.3, -0.25) is 4.90 Å². The number of hydrogen-bond acceptors (Lipinski definition) is 2. The molecule has 136 valence electrons. The maximum atomic E-state index is 10.7. The first-order valence-electron chi connectivity index (χ1n) is 9.71. The summed E-state index contributed by atoms with van der Waals surface area (Å²) in [5.74, 6) is 0. The molecule has 2 unspecified atom stereocenters. The van der Waals surface area contributed by atoms with Crippen LogP contribution in [0.25, 0.3) is 10.9 Å². The summed E-state index contributed by atoms with van der Waals surface area (Å²) in [6, 6.07) is 19.5. The predicted molar refractivity (Wildman–Crippen MR) is 107 cm³/mol. The lowest BCUT2D eigenvalue weighted by Crippen LogP contribution is -2.44. The molecule has 2 aromatic carbocycles. The van der Waals surface area contributed by atoms with E-state index < -0.39 is 0 Å². The number of rotatable bonds is 5. The fourth-order valence-electron chi connectivity index (χ4n) is 4.40. The highest BCUT2D eigenvalue weighted by atomic mass is 16.3. The summed E-state index contributed by atoms with van der Waals surface area (Å²) in [7, 11) is 2.11. The first-order valence-corrected chi connectivity index (χ1v) is 9.71. The van der Waals surface area contributed by atoms with Crippen molar-refractivity contribution < 1.29 is 5.11 Å². The highest BCUT2D eigenvalue weighted by molar-refractivity contribution is 5.83. The second-order valence-electron chi connectivity index (χ2n) is 7.59. The average molecular weight is 348 g/mol. The van der Waals surface area contributed by atoms with E-state index in [0.29, 0.717) is 0 Å². The van der Waals surface area contributed by atoms with Crippen LogP contribution in [-0.4, -0.2) is 26.7 Å². The van der Waals surface area contributed by atoms with Gasteiger partial charge in [0, 0.05) is 43.3 Å². The van der Waals surface area contributed by atoms with Gasteiger partial charge >= 0.3 is 0 Å². The molecule has 1 fully saturated rings. The number of aromatic nitrogens is 1. The number of fused-ring (bicyclic) bond motifs is 1. The minimum absolute atomic E-state index is 0.220. The van der Waals surface area contributed by atoms with E-state index >= 15 is 0 Å². The molecule has 4 rings (SSSR count). The van der Waals surface area contributed by atoms with Crippen LogP contribution in [0.1, 0.15) is 36.8 Å². The standard InChI is InChI=1S/C23H28N2O/c1-24-16-19(20-11-5-6-12-21(20)24)17-25(15-18-9-3-2-4-10-18)22-13-7-8-14-23(22)26/h2-6,9-12,16,22-23,26H,7-8,13-15,17H2,1H3. The van der Waals surface area contributed by atoms with E-state index in [0.717, 1.165) is 32.4 Å². The molecule has 26 heavy (non-hydrogen) atoms. The molecule has 2 atom stereocenters. The molecule has 0 aliphatic heterocycles. The Morgan fingerprint density at radius 3 is 2.50 bits per heavy atom. The molecule has 0 spiro atoms. The van der Waals surface area contributed by atoms with Gasteiger partial charge in [0.15, 0.2) is 0 Å². The minimum Gasteiger partial charge on any atom is -0.391 e. The molecule has 1 aliphatic carbocycles. The van der Waals surface area contributed by atoms with E-state index in [9.17, 15) is 5.11 Å². The van der Waals surface area contributed by atoms with Crippen LogP contribution in [0.4, 0.5) is 0 Å². The summed E-state index contributed by atoms with van der Waals surface area (Å²) < 4.78 is 2.21. The van der Waals surface area contributed by atoms with Crippen molar-refractivity contribution in [1.29, 1.82) is 0 Å². The molecule has 1 saturated carbocycles.